The van der Waals surface area contributed by atoms with E-state index in [9.17, 15) is 30.8 Å². The Morgan fingerprint density at radius 3 is 1.83 bits per heavy atom. The molecule has 9 heteroatoms. The summed E-state index contributed by atoms with van der Waals surface area (Å²) >= 11 is 0. The van der Waals surface area contributed by atoms with Crippen molar-refractivity contribution in [3.63, 3.8) is 0 Å². The third kappa shape index (κ3) is 3.81. The minimum Gasteiger partial charge on any atom is -0.288 e. The van der Waals surface area contributed by atoms with Crippen molar-refractivity contribution in [3.8, 4) is 0 Å². The van der Waals surface area contributed by atoms with Crippen LogP contribution in [0.2, 0.25) is 0 Å². The summed E-state index contributed by atoms with van der Waals surface area (Å²) in [4.78, 5) is 10.3. The van der Waals surface area contributed by atoms with Gasteiger partial charge in [-0.1, -0.05) is 50.5 Å². The Balaban J connectivity index is 2.03. The molecular weight excluding hydrogens is 412 g/mol. The fourth-order valence-corrected chi connectivity index (χ4v) is 4.46. The molecule has 3 rings (SSSR count). The molecule has 29 heavy (non-hydrogen) atoms. The van der Waals surface area contributed by atoms with Gasteiger partial charge in [0, 0.05) is 5.56 Å². The topological polar surface area (TPSA) is 71.4 Å². The number of ketones is 1. The van der Waals surface area contributed by atoms with Crippen molar-refractivity contribution in [3.05, 3.63) is 64.2 Å². The van der Waals surface area contributed by atoms with E-state index in [-0.39, 0.29) is 11.0 Å². The van der Waals surface area contributed by atoms with E-state index in [4.69, 9.17) is 4.55 Å². The molecule has 0 spiro atoms. The normalized spacial score (nSPS) is 16.6. The molecule has 1 N–H and O–H groups in total. The van der Waals surface area contributed by atoms with Crippen molar-refractivity contribution in [2.24, 2.45) is 0 Å². The van der Waals surface area contributed by atoms with Gasteiger partial charge in [0.05, 0.1) is 0 Å². The number of carbonyl (C=O) groups is 1. The molecule has 1 aliphatic carbocycles. The zero-order valence-corrected chi connectivity index (χ0v) is 16.3. The van der Waals surface area contributed by atoms with Crippen LogP contribution in [0.4, 0.5) is 17.6 Å². The highest BCUT2D eigenvalue weighted by atomic mass is 32.2. The minimum atomic E-state index is -5.58. The summed E-state index contributed by atoms with van der Waals surface area (Å²) in [6.07, 6.45) is 5.17. The highest BCUT2D eigenvalue weighted by molar-refractivity contribution is 7.85. The Bertz CT molecular complexity index is 1040. The largest absolute Gasteiger partial charge is 0.300 e. The fourth-order valence-electron chi connectivity index (χ4n) is 3.83. The number of hydrogen-bond acceptors (Lipinski definition) is 3. The molecule has 0 unspecified atom stereocenters. The summed E-state index contributed by atoms with van der Waals surface area (Å²) in [7, 11) is -5.58. The van der Waals surface area contributed by atoms with Crippen molar-refractivity contribution in [2.45, 2.75) is 49.3 Å². The van der Waals surface area contributed by atoms with Gasteiger partial charge in [0.1, 0.15) is 5.56 Å². The molecule has 0 atom stereocenters. The lowest BCUT2D eigenvalue weighted by Crippen LogP contribution is -2.25. The van der Waals surface area contributed by atoms with Crippen LogP contribution < -0.4 is 0 Å². The quantitative estimate of drug-likeness (QED) is 0.323. The summed E-state index contributed by atoms with van der Waals surface area (Å²) in [6, 6.07) is 5.88. The molecule has 2 aromatic rings. The van der Waals surface area contributed by atoms with E-state index in [2.05, 4.69) is 6.92 Å². The summed E-state index contributed by atoms with van der Waals surface area (Å²) in [5, 5.41) is 0. The lowest BCUT2D eigenvalue weighted by molar-refractivity contribution is 0.102. The second-order valence-electron chi connectivity index (χ2n) is 7.46. The van der Waals surface area contributed by atoms with Gasteiger partial charge in [0.25, 0.3) is 0 Å². The predicted molar refractivity (Wildman–Crippen MR) is 96.4 cm³/mol. The van der Waals surface area contributed by atoms with Crippen molar-refractivity contribution in [2.75, 3.05) is 0 Å². The number of benzene rings is 2. The molecule has 0 saturated heterocycles. The second-order valence-corrected chi connectivity index (χ2v) is 8.82. The maximum atomic E-state index is 14.2. The minimum absolute atomic E-state index is 0.0916. The molecule has 4 nitrogen and oxygen atoms in total. The highest BCUT2D eigenvalue weighted by Gasteiger charge is 2.35. The van der Waals surface area contributed by atoms with E-state index in [1.54, 1.807) is 12.1 Å². The Morgan fingerprint density at radius 2 is 1.38 bits per heavy atom. The summed E-state index contributed by atoms with van der Waals surface area (Å²) < 4.78 is 87.2. The number of carbonyl (C=O) groups excluding carboxylic acids is 1. The van der Waals surface area contributed by atoms with Crippen LogP contribution in [0.5, 0.6) is 0 Å². The maximum absolute atomic E-state index is 14.2. The molecule has 0 amide bonds. The maximum Gasteiger partial charge on any atom is 0.300 e. The zero-order valence-electron chi connectivity index (χ0n) is 15.4. The van der Waals surface area contributed by atoms with Gasteiger partial charge in [-0.05, 0) is 23.8 Å². The van der Waals surface area contributed by atoms with Crippen molar-refractivity contribution < 1.29 is 35.3 Å². The molecule has 2 aromatic carbocycles. The predicted octanol–water partition coefficient (Wildman–Crippen LogP) is 4.94. The van der Waals surface area contributed by atoms with Crippen molar-refractivity contribution in [1.82, 2.24) is 0 Å². The molecule has 1 aliphatic rings. The molecule has 0 bridgehead atoms. The Hall–Kier alpha value is -2.26. The van der Waals surface area contributed by atoms with E-state index < -0.39 is 49.6 Å². The molecule has 0 aromatic heterocycles. The van der Waals surface area contributed by atoms with Gasteiger partial charge in [-0.25, -0.2) is 17.6 Å². The van der Waals surface area contributed by atoms with Crippen LogP contribution in [-0.4, -0.2) is 18.8 Å². The summed E-state index contributed by atoms with van der Waals surface area (Å²) in [6.45, 7) is 2.08. The van der Waals surface area contributed by atoms with Gasteiger partial charge in [-0.3, -0.25) is 9.35 Å². The first-order valence-corrected chi connectivity index (χ1v) is 10.4. The summed E-state index contributed by atoms with van der Waals surface area (Å²) in [5.74, 6) is -10.4. The Morgan fingerprint density at radius 1 is 0.897 bits per heavy atom. The monoisotopic (exact) mass is 430 g/mol. The number of rotatable bonds is 4. The second kappa shape index (κ2) is 7.53. The average molecular weight is 430 g/mol. The number of halogens is 4. The van der Waals surface area contributed by atoms with Crippen LogP contribution in [0.1, 0.15) is 60.5 Å². The fraction of sp³-hybridized carbons (Fsp3) is 0.350. The van der Waals surface area contributed by atoms with E-state index in [0.717, 1.165) is 37.7 Å². The van der Waals surface area contributed by atoms with Crippen LogP contribution in [0.25, 0.3) is 0 Å². The standard InChI is InChI=1S/C20H18F4O4S/c1-20(9-3-2-4-10-20)12-7-5-11(6-8-12)18(25)13-14(21)16(23)19(29(26,27)28)17(24)15(13)22/h5-8H,2-4,9-10H2,1H3,(H,26,27,28). The van der Waals surface area contributed by atoms with Crippen LogP contribution in [-0.2, 0) is 15.5 Å². The van der Waals surface area contributed by atoms with Crippen LogP contribution >= 0.6 is 0 Å². The third-order valence-electron chi connectivity index (χ3n) is 5.51. The van der Waals surface area contributed by atoms with E-state index >= 15 is 0 Å². The van der Waals surface area contributed by atoms with Gasteiger partial charge in [0.15, 0.2) is 33.9 Å². The van der Waals surface area contributed by atoms with Gasteiger partial charge >= 0.3 is 10.1 Å². The van der Waals surface area contributed by atoms with Crippen molar-refractivity contribution in [1.29, 1.82) is 0 Å². The van der Waals surface area contributed by atoms with E-state index in [0.29, 0.717) is 0 Å². The Labute approximate surface area is 165 Å². The van der Waals surface area contributed by atoms with E-state index in [1.807, 2.05) is 0 Å². The zero-order chi connectivity index (χ0) is 21.6. The first-order valence-electron chi connectivity index (χ1n) is 8.96. The molecule has 1 saturated carbocycles. The molecule has 0 aliphatic heterocycles. The van der Waals surface area contributed by atoms with Crippen molar-refractivity contribution >= 4 is 15.9 Å². The SMILES string of the molecule is CC1(c2ccc(C(=O)c3c(F)c(F)c(S(=O)(=O)O)c(F)c3F)cc2)CCCCC1. The van der Waals surface area contributed by atoms with Crippen LogP contribution in [0.3, 0.4) is 0 Å². The molecule has 156 valence electrons. The van der Waals surface area contributed by atoms with Crippen LogP contribution in [0.15, 0.2) is 29.2 Å². The van der Waals surface area contributed by atoms with E-state index in [1.165, 1.54) is 12.1 Å². The van der Waals surface area contributed by atoms with Gasteiger partial charge in [-0.15, -0.1) is 0 Å². The third-order valence-corrected chi connectivity index (χ3v) is 6.38. The first-order chi connectivity index (χ1) is 13.5. The van der Waals surface area contributed by atoms with Crippen LogP contribution in [0, 0.1) is 23.3 Å². The van der Waals surface area contributed by atoms with Gasteiger partial charge < -0.3 is 0 Å². The summed E-state index contributed by atoms with van der Waals surface area (Å²) in [5.41, 5.74) is -0.937. The van der Waals surface area contributed by atoms with Gasteiger partial charge in [-0.2, -0.15) is 8.42 Å². The lowest BCUT2D eigenvalue weighted by atomic mass is 9.71. The Kier molecular flexibility index (Phi) is 5.57. The molecule has 1 fully saturated rings. The first kappa shape index (κ1) is 21.4. The lowest BCUT2D eigenvalue weighted by Gasteiger charge is -2.34. The molecule has 0 radical (unpaired) electrons. The highest BCUT2D eigenvalue weighted by Crippen LogP contribution is 2.39. The molecule has 0 heterocycles. The number of hydrogen-bond donors (Lipinski definition) is 1. The smallest absolute Gasteiger partial charge is 0.288 e. The average Bonchev–Trinajstić information content (AvgIpc) is 2.66. The van der Waals surface area contributed by atoms with Gasteiger partial charge in [0.2, 0.25) is 0 Å². The molecular formula is C20H18F4O4S.